The molecule has 1 aromatic heterocycles. The molecule has 2 aromatic rings. The lowest BCUT2D eigenvalue weighted by Gasteiger charge is -2.19. The molecule has 0 aliphatic rings. The van der Waals surface area contributed by atoms with Crippen molar-refractivity contribution in [2.75, 3.05) is 6.54 Å². The van der Waals surface area contributed by atoms with Gasteiger partial charge in [-0.2, -0.15) is 0 Å². The highest BCUT2D eigenvalue weighted by atomic mass is 127. The standard InChI is InChI=1S/C13H12Cl2INS/c1-2-17-13(8-6-11(16)18-7-8)9-4-3-5-10(14)12(9)15/h3-7,13,17H,2H2,1H3. The zero-order valence-corrected chi connectivity index (χ0v) is 14.2. The molecule has 0 bridgehead atoms. The van der Waals surface area contributed by atoms with E-state index >= 15 is 0 Å². The minimum absolute atomic E-state index is 0.0981. The molecule has 0 aliphatic carbocycles. The Kier molecular flexibility index (Phi) is 5.33. The van der Waals surface area contributed by atoms with Gasteiger partial charge in [0.25, 0.3) is 0 Å². The van der Waals surface area contributed by atoms with Crippen LogP contribution in [0.25, 0.3) is 0 Å². The maximum Gasteiger partial charge on any atom is 0.0656 e. The van der Waals surface area contributed by atoms with Crippen LogP contribution in [0, 0.1) is 2.88 Å². The summed E-state index contributed by atoms with van der Waals surface area (Å²) in [7, 11) is 0. The van der Waals surface area contributed by atoms with Crippen LogP contribution in [0.5, 0.6) is 0 Å². The molecule has 5 heteroatoms. The van der Waals surface area contributed by atoms with E-state index in [9.17, 15) is 0 Å². The van der Waals surface area contributed by atoms with Gasteiger partial charge in [-0.1, -0.05) is 42.3 Å². The minimum atomic E-state index is 0.0981. The van der Waals surface area contributed by atoms with Crippen molar-refractivity contribution in [3.05, 3.63) is 53.7 Å². The summed E-state index contributed by atoms with van der Waals surface area (Å²) in [5.74, 6) is 0. The number of benzene rings is 1. The topological polar surface area (TPSA) is 12.0 Å². The Bertz CT molecular complexity index is 542. The van der Waals surface area contributed by atoms with Crippen LogP contribution in [-0.2, 0) is 0 Å². The molecule has 96 valence electrons. The van der Waals surface area contributed by atoms with Crippen molar-refractivity contribution in [3.63, 3.8) is 0 Å². The molecule has 18 heavy (non-hydrogen) atoms. The van der Waals surface area contributed by atoms with Gasteiger partial charge in [-0.3, -0.25) is 0 Å². The molecule has 0 spiro atoms. The van der Waals surface area contributed by atoms with Crippen LogP contribution in [0.1, 0.15) is 24.1 Å². The van der Waals surface area contributed by atoms with E-state index in [1.807, 2.05) is 18.2 Å². The van der Waals surface area contributed by atoms with E-state index in [-0.39, 0.29) is 6.04 Å². The molecular weight excluding hydrogens is 400 g/mol. The van der Waals surface area contributed by atoms with E-state index in [4.69, 9.17) is 23.2 Å². The molecule has 0 saturated heterocycles. The normalized spacial score (nSPS) is 12.7. The largest absolute Gasteiger partial charge is 0.306 e. The quantitative estimate of drug-likeness (QED) is 0.668. The highest BCUT2D eigenvalue weighted by molar-refractivity contribution is 14.1. The second kappa shape index (κ2) is 6.57. The van der Waals surface area contributed by atoms with Crippen LogP contribution < -0.4 is 5.32 Å². The van der Waals surface area contributed by atoms with Gasteiger partial charge in [0.1, 0.15) is 0 Å². The van der Waals surface area contributed by atoms with Crippen molar-refractivity contribution >= 4 is 57.1 Å². The van der Waals surface area contributed by atoms with E-state index in [1.165, 1.54) is 8.45 Å². The predicted octanol–water partition coefficient (Wildman–Crippen LogP) is 5.36. The Labute approximate surface area is 135 Å². The van der Waals surface area contributed by atoms with E-state index in [1.54, 1.807) is 11.3 Å². The Balaban J connectivity index is 2.44. The highest BCUT2D eigenvalue weighted by Crippen LogP contribution is 2.34. The predicted molar refractivity (Wildman–Crippen MR) is 89.0 cm³/mol. The van der Waals surface area contributed by atoms with E-state index in [2.05, 4.69) is 46.3 Å². The summed E-state index contributed by atoms with van der Waals surface area (Å²) in [4.78, 5) is 0. The first kappa shape index (κ1) is 14.6. The average Bonchev–Trinajstić information content (AvgIpc) is 2.77. The van der Waals surface area contributed by atoms with Gasteiger partial charge >= 0.3 is 0 Å². The smallest absolute Gasteiger partial charge is 0.0656 e. The third-order valence-electron chi connectivity index (χ3n) is 2.62. The zero-order chi connectivity index (χ0) is 13.1. The molecule has 1 unspecified atom stereocenters. The average molecular weight is 412 g/mol. The molecule has 1 N–H and O–H groups in total. The molecule has 0 fully saturated rings. The van der Waals surface area contributed by atoms with Crippen molar-refractivity contribution in [3.8, 4) is 0 Å². The fourth-order valence-corrected chi connectivity index (χ4v) is 3.64. The lowest BCUT2D eigenvalue weighted by molar-refractivity contribution is 0.632. The molecular formula is C13H12Cl2INS. The van der Waals surface area contributed by atoms with Gasteiger partial charge in [0.05, 0.1) is 19.0 Å². The van der Waals surface area contributed by atoms with Gasteiger partial charge < -0.3 is 5.32 Å². The van der Waals surface area contributed by atoms with Gasteiger partial charge in [-0.05, 0) is 57.8 Å². The summed E-state index contributed by atoms with van der Waals surface area (Å²) in [6, 6.07) is 8.04. The summed E-state index contributed by atoms with van der Waals surface area (Å²) in [6.45, 7) is 2.96. The maximum atomic E-state index is 6.31. The van der Waals surface area contributed by atoms with Crippen LogP contribution in [0.3, 0.4) is 0 Å². The van der Waals surface area contributed by atoms with Gasteiger partial charge in [0.15, 0.2) is 0 Å². The lowest BCUT2D eigenvalue weighted by Crippen LogP contribution is -2.21. The molecule has 2 rings (SSSR count). The zero-order valence-electron chi connectivity index (χ0n) is 9.71. The lowest BCUT2D eigenvalue weighted by atomic mass is 10.0. The Morgan fingerprint density at radius 3 is 2.78 bits per heavy atom. The number of thiophene rings is 1. The first-order chi connectivity index (χ1) is 8.63. The number of halogens is 3. The first-order valence-electron chi connectivity index (χ1n) is 5.54. The van der Waals surface area contributed by atoms with E-state index < -0.39 is 0 Å². The van der Waals surface area contributed by atoms with E-state index in [0.29, 0.717) is 10.0 Å². The van der Waals surface area contributed by atoms with Gasteiger partial charge in [-0.25, -0.2) is 0 Å². The fourth-order valence-electron chi connectivity index (χ4n) is 1.83. The minimum Gasteiger partial charge on any atom is -0.306 e. The van der Waals surface area contributed by atoms with Crippen molar-refractivity contribution in [2.24, 2.45) is 0 Å². The number of nitrogens with one attached hydrogen (secondary N) is 1. The van der Waals surface area contributed by atoms with Crippen molar-refractivity contribution in [1.82, 2.24) is 5.32 Å². The number of hydrogen-bond acceptors (Lipinski definition) is 2. The SMILES string of the molecule is CCNC(c1csc(I)c1)c1cccc(Cl)c1Cl. The van der Waals surface area contributed by atoms with Crippen LogP contribution in [-0.4, -0.2) is 6.54 Å². The maximum absolute atomic E-state index is 6.31. The van der Waals surface area contributed by atoms with Crippen LogP contribution >= 0.6 is 57.1 Å². The molecule has 0 saturated carbocycles. The van der Waals surface area contributed by atoms with Gasteiger partial charge in [-0.15, -0.1) is 11.3 Å². The molecule has 1 aromatic carbocycles. The molecule has 0 aliphatic heterocycles. The second-order valence-electron chi connectivity index (χ2n) is 3.82. The van der Waals surface area contributed by atoms with Crippen LogP contribution in [0.4, 0.5) is 0 Å². The van der Waals surface area contributed by atoms with E-state index in [0.717, 1.165) is 12.1 Å². The molecule has 1 heterocycles. The Morgan fingerprint density at radius 1 is 1.39 bits per heavy atom. The molecule has 1 atom stereocenters. The van der Waals surface area contributed by atoms with Gasteiger partial charge in [0.2, 0.25) is 0 Å². The first-order valence-corrected chi connectivity index (χ1v) is 8.26. The summed E-state index contributed by atoms with van der Waals surface area (Å²) in [5.41, 5.74) is 2.26. The third-order valence-corrected chi connectivity index (χ3v) is 5.26. The van der Waals surface area contributed by atoms with Crippen molar-refractivity contribution in [2.45, 2.75) is 13.0 Å². The Morgan fingerprint density at radius 2 is 2.17 bits per heavy atom. The summed E-state index contributed by atoms with van der Waals surface area (Å²) < 4.78 is 1.27. The Hall–Kier alpha value is 0.190. The summed E-state index contributed by atoms with van der Waals surface area (Å²) in [5, 5.41) is 6.85. The highest BCUT2D eigenvalue weighted by Gasteiger charge is 2.18. The molecule has 0 amide bonds. The number of rotatable bonds is 4. The van der Waals surface area contributed by atoms with Crippen molar-refractivity contribution in [1.29, 1.82) is 0 Å². The fraction of sp³-hybridized carbons (Fsp3) is 0.231. The van der Waals surface area contributed by atoms with Gasteiger partial charge in [0, 0.05) is 0 Å². The second-order valence-corrected chi connectivity index (χ2v) is 7.41. The summed E-state index contributed by atoms with van der Waals surface area (Å²) >= 11 is 16.5. The number of hydrogen-bond donors (Lipinski definition) is 1. The summed E-state index contributed by atoms with van der Waals surface area (Å²) in [6.07, 6.45) is 0. The third kappa shape index (κ3) is 3.20. The molecule has 0 radical (unpaired) electrons. The van der Waals surface area contributed by atoms with Crippen LogP contribution in [0.15, 0.2) is 29.6 Å². The monoisotopic (exact) mass is 411 g/mol. The molecule has 1 nitrogen and oxygen atoms in total. The van der Waals surface area contributed by atoms with Crippen molar-refractivity contribution < 1.29 is 0 Å². The van der Waals surface area contributed by atoms with Crippen LogP contribution in [0.2, 0.25) is 10.0 Å².